The van der Waals surface area contributed by atoms with Gasteiger partial charge in [-0.15, -0.1) is 5.10 Å². The van der Waals surface area contributed by atoms with Gasteiger partial charge in [0.2, 0.25) is 0 Å². The first kappa shape index (κ1) is 19.3. The largest absolute Gasteiger partial charge is 0.491 e. The lowest BCUT2D eigenvalue weighted by atomic mass is 10.2. The lowest BCUT2D eigenvalue weighted by molar-refractivity contribution is 0.146. The van der Waals surface area contributed by atoms with E-state index in [9.17, 15) is 4.79 Å². The van der Waals surface area contributed by atoms with Crippen molar-refractivity contribution in [3.05, 3.63) is 59.9 Å². The van der Waals surface area contributed by atoms with E-state index in [2.05, 4.69) is 26.2 Å². The summed E-state index contributed by atoms with van der Waals surface area (Å²) in [5.41, 5.74) is 3.40. The summed E-state index contributed by atoms with van der Waals surface area (Å²) in [6.07, 6.45) is 1.51. The van der Waals surface area contributed by atoms with Crippen LogP contribution in [0.25, 0.3) is 5.69 Å². The van der Waals surface area contributed by atoms with E-state index in [1.54, 1.807) is 11.8 Å². The van der Waals surface area contributed by atoms with Gasteiger partial charge in [0, 0.05) is 19.3 Å². The summed E-state index contributed by atoms with van der Waals surface area (Å²) in [6.45, 7) is 3.39. The van der Waals surface area contributed by atoms with Crippen molar-refractivity contribution in [2.75, 3.05) is 25.6 Å². The summed E-state index contributed by atoms with van der Waals surface area (Å²) < 4.78 is 12.0. The predicted octanol–water partition coefficient (Wildman–Crippen LogP) is 2.32. The molecule has 1 aromatic heterocycles. The molecule has 0 saturated heterocycles. The summed E-state index contributed by atoms with van der Waals surface area (Å²) in [6, 6.07) is 12.8. The van der Waals surface area contributed by atoms with E-state index in [1.165, 1.54) is 6.33 Å². The molecule has 2 N–H and O–H groups in total. The molecule has 3 aromatic rings. The average Bonchev–Trinajstić information content (AvgIpc) is 3.24. The van der Waals surface area contributed by atoms with Gasteiger partial charge in [0.1, 0.15) is 18.7 Å². The van der Waals surface area contributed by atoms with Crippen LogP contribution in [0.1, 0.15) is 11.1 Å². The number of carbonyl (C=O) groups is 1. The van der Waals surface area contributed by atoms with E-state index in [0.29, 0.717) is 25.4 Å². The first-order chi connectivity index (χ1) is 13.7. The maximum Gasteiger partial charge on any atom is 0.319 e. The molecular weight excluding hydrogens is 360 g/mol. The molecule has 0 aliphatic carbocycles. The van der Waals surface area contributed by atoms with Crippen molar-refractivity contribution in [3.63, 3.8) is 0 Å². The quantitative estimate of drug-likeness (QED) is 0.580. The van der Waals surface area contributed by atoms with Crippen molar-refractivity contribution in [2.24, 2.45) is 0 Å². The lowest BCUT2D eigenvalue weighted by Gasteiger charge is -2.11. The zero-order valence-corrected chi connectivity index (χ0v) is 15.8. The number of urea groups is 1. The highest BCUT2D eigenvalue weighted by Gasteiger charge is 2.07. The molecule has 0 unspecified atom stereocenters. The zero-order chi connectivity index (χ0) is 19.8. The van der Waals surface area contributed by atoms with E-state index < -0.39 is 0 Å². The monoisotopic (exact) mass is 382 g/mol. The number of carbonyl (C=O) groups excluding carboxylic acids is 1. The number of tetrazole rings is 1. The third-order valence-corrected chi connectivity index (χ3v) is 4.00. The Morgan fingerprint density at radius 2 is 1.96 bits per heavy atom. The van der Waals surface area contributed by atoms with Gasteiger partial charge in [0.15, 0.2) is 0 Å². The van der Waals surface area contributed by atoms with Crippen LogP contribution in [0.5, 0.6) is 5.75 Å². The third-order valence-electron chi connectivity index (χ3n) is 4.00. The molecule has 0 aliphatic heterocycles. The van der Waals surface area contributed by atoms with E-state index >= 15 is 0 Å². The highest BCUT2D eigenvalue weighted by atomic mass is 16.5. The van der Waals surface area contributed by atoms with Gasteiger partial charge < -0.3 is 20.1 Å². The van der Waals surface area contributed by atoms with Crippen LogP contribution >= 0.6 is 0 Å². The topological polar surface area (TPSA) is 103 Å². The van der Waals surface area contributed by atoms with Crippen LogP contribution in [0.2, 0.25) is 0 Å². The van der Waals surface area contributed by atoms with Crippen LogP contribution in [0.3, 0.4) is 0 Å². The first-order valence-corrected chi connectivity index (χ1v) is 8.75. The number of anilines is 1. The number of amides is 2. The van der Waals surface area contributed by atoms with Crippen LogP contribution < -0.4 is 15.4 Å². The van der Waals surface area contributed by atoms with Gasteiger partial charge in [0.05, 0.1) is 12.3 Å². The summed E-state index contributed by atoms with van der Waals surface area (Å²) in [5.74, 6) is 0.764. The Labute approximate surface area is 162 Å². The molecule has 9 nitrogen and oxygen atoms in total. The van der Waals surface area contributed by atoms with Crippen molar-refractivity contribution in [1.82, 2.24) is 25.5 Å². The lowest BCUT2D eigenvalue weighted by Crippen LogP contribution is -2.28. The minimum absolute atomic E-state index is 0.299. The first-order valence-electron chi connectivity index (χ1n) is 8.75. The van der Waals surface area contributed by atoms with Crippen molar-refractivity contribution in [2.45, 2.75) is 13.5 Å². The summed E-state index contributed by atoms with van der Waals surface area (Å²) in [7, 11) is 1.63. The molecule has 3 rings (SSSR count). The fourth-order valence-corrected chi connectivity index (χ4v) is 2.51. The van der Waals surface area contributed by atoms with Gasteiger partial charge in [0.25, 0.3) is 0 Å². The van der Waals surface area contributed by atoms with Crippen LogP contribution in [0.15, 0.2) is 48.8 Å². The van der Waals surface area contributed by atoms with Gasteiger partial charge in [-0.05, 0) is 52.7 Å². The zero-order valence-electron chi connectivity index (χ0n) is 15.8. The van der Waals surface area contributed by atoms with Crippen molar-refractivity contribution >= 4 is 11.7 Å². The Balaban J connectivity index is 1.53. The average molecular weight is 382 g/mol. The number of aromatic nitrogens is 4. The fourth-order valence-electron chi connectivity index (χ4n) is 2.51. The Bertz CT molecular complexity index is 897. The number of rotatable bonds is 8. The molecule has 0 atom stereocenters. The molecule has 0 bridgehead atoms. The minimum atomic E-state index is -0.299. The molecule has 146 valence electrons. The molecular formula is C19H22N6O3. The Hall–Kier alpha value is -3.46. The number of hydrogen-bond donors (Lipinski definition) is 2. The molecule has 9 heteroatoms. The molecule has 0 saturated carbocycles. The number of ether oxygens (including phenoxy) is 2. The number of nitrogens with zero attached hydrogens (tertiary/aromatic N) is 4. The van der Waals surface area contributed by atoms with E-state index in [0.717, 1.165) is 22.6 Å². The van der Waals surface area contributed by atoms with Gasteiger partial charge in [-0.3, -0.25) is 0 Å². The molecule has 0 aliphatic rings. The van der Waals surface area contributed by atoms with Gasteiger partial charge >= 0.3 is 6.03 Å². The number of nitrogens with one attached hydrogen (secondary N) is 2. The van der Waals surface area contributed by atoms with Crippen LogP contribution in [0, 0.1) is 6.92 Å². The maximum absolute atomic E-state index is 12.2. The molecule has 0 spiro atoms. The molecule has 0 radical (unpaired) electrons. The van der Waals surface area contributed by atoms with Crippen LogP contribution in [-0.2, 0) is 11.3 Å². The van der Waals surface area contributed by atoms with Gasteiger partial charge in [-0.2, -0.15) is 0 Å². The fraction of sp³-hybridized carbons (Fsp3) is 0.263. The smallest absolute Gasteiger partial charge is 0.319 e. The Morgan fingerprint density at radius 3 is 2.68 bits per heavy atom. The number of benzene rings is 2. The normalized spacial score (nSPS) is 10.5. The van der Waals surface area contributed by atoms with Crippen LogP contribution in [0.4, 0.5) is 10.5 Å². The van der Waals surface area contributed by atoms with Crippen molar-refractivity contribution in [3.8, 4) is 11.4 Å². The molecule has 1 heterocycles. The second-order valence-corrected chi connectivity index (χ2v) is 6.05. The van der Waals surface area contributed by atoms with Crippen molar-refractivity contribution in [1.29, 1.82) is 0 Å². The maximum atomic E-state index is 12.2. The SMILES string of the molecule is COCCOc1ccc(CNC(=O)Nc2ccc(C)c(-n3cnnn3)c2)cc1. The highest BCUT2D eigenvalue weighted by Crippen LogP contribution is 2.18. The van der Waals surface area contributed by atoms with E-state index in [-0.39, 0.29) is 6.03 Å². The summed E-state index contributed by atoms with van der Waals surface area (Å²) >= 11 is 0. The molecule has 28 heavy (non-hydrogen) atoms. The standard InChI is InChI=1S/C19H22N6O3/c1-14-3-6-16(11-18(14)25-13-21-23-24-25)22-19(26)20-12-15-4-7-17(8-5-15)28-10-9-27-2/h3-8,11,13H,9-10,12H2,1-2H3,(H2,20,22,26). The number of hydrogen-bond acceptors (Lipinski definition) is 6. The Morgan fingerprint density at radius 1 is 1.14 bits per heavy atom. The molecule has 2 amide bonds. The highest BCUT2D eigenvalue weighted by molar-refractivity contribution is 5.89. The molecule has 2 aromatic carbocycles. The summed E-state index contributed by atoms with van der Waals surface area (Å²) in [4.78, 5) is 12.2. The van der Waals surface area contributed by atoms with E-state index in [4.69, 9.17) is 9.47 Å². The van der Waals surface area contributed by atoms with Crippen LogP contribution in [-0.4, -0.2) is 46.6 Å². The van der Waals surface area contributed by atoms with Gasteiger partial charge in [-0.1, -0.05) is 18.2 Å². The Kier molecular flexibility index (Phi) is 6.53. The third kappa shape index (κ3) is 5.27. The minimum Gasteiger partial charge on any atom is -0.491 e. The molecule has 0 fully saturated rings. The predicted molar refractivity (Wildman–Crippen MR) is 104 cm³/mol. The second kappa shape index (κ2) is 9.47. The van der Waals surface area contributed by atoms with E-state index in [1.807, 2.05) is 49.4 Å². The second-order valence-electron chi connectivity index (χ2n) is 6.05. The number of methoxy groups -OCH3 is 1. The summed E-state index contributed by atoms with van der Waals surface area (Å²) in [5, 5.41) is 16.8. The van der Waals surface area contributed by atoms with Gasteiger partial charge in [-0.25, -0.2) is 9.48 Å². The van der Waals surface area contributed by atoms with Crippen molar-refractivity contribution < 1.29 is 14.3 Å². The number of aryl methyl sites for hydroxylation is 1.